The minimum atomic E-state index is -0.407. The van der Waals surface area contributed by atoms with Crippen LogP contribution in [0.25, 0.3) is 0 Å². The average Bonchev–Trinajstić information content (AvgIpc) is 3.20. The molecule has 0 spiro atoms. The van der Waals surface area contributed by atoms with Gasteiger partial charge in [-0.1, -0.05) is 75.4 Å². The highest BCUT2D eigenvalue weighted by molar-refractivity contribution is 5.90. The van der Waals surface area contributed by atoms with Crippen molar-refractivity contribution in [2.75, 3.05) is 6.61 Å². The van der Waals surface area contributed by atoms with Crippen LogP contribution in [0.3, 0.4) is 0 Å². The second kappa shape index (κ2) is 13.8. The molecule has 1 unspecified atom stereocenters. The molecule has 0 radical (unpaired) electrons. The van der Waals surface area contributed by atoms with E-state index >= 15 is 0 Å². The molecular formula is C33H40O4. The van der Waals surface area contributed by atoms with Crippen LogP contribution in [-0.2, 0) is 25.5 Å². The third kappa shape index (κ3) is 9.92. The van der Waals surface area contributed by atoms with E-state index in [0.29, 0.717) is 29.7 Å². The highest BCUT2D eigenvalue weighted by Crippen LogP contribution is 2.27. The van der Waals surface area contributed by atoms with Crippen molar-refractivity contribution in [1.82, 2.24) is 0 Å². The summed E-state index contributed by atoms with van der Waals surface area (Å²) in [6, 6.07) is 15.7. The maximum Gasteiger partial charge on any atom is 0.334 e. The van der Waals surface area contributed by atoms with Gasteiger partial charge < -0.3 is 9.47 Å². The fourth-order valence-electron chi connectivity index (χ4n) is 4.68. The molecule has 2 aromatic rings. The zero-order valence-corrected chi connectivity index (χ0v) is 22.9. The summed E-state index contributed by atoms with van der Waals surface area (Å²) in [4.78, 5) is 24.7. The van der Waals surface area contributed by atoms with Crippen LogP contribution >= 0.6 is 0 Å². The highest BCUT2D eigenvalue weighted by Gasteiger charge is 2.30. The molecule has 196 valence electrons. The molecule has 1 aliphatic heterocycles. The predicted octanol–water partition coefficient (Wildman–Crippen LogP) is 6.82. The quantitative estimate of drug-likeness (QED) is 0.204. The molecule has 0 aromatic heterocycles. The molecule has 0 saturated carbocycles. The number of esters is 2. The molecule has 0 amide bonds. The summed E-state index contributed by atoms with van der Waals surface area (Å²) in [6.07, 6.45) is 5.49. The second-order valence-corrected chi connectivity index (χ2v) is 11.0. The maximum atomic E-state index is 12.4. The third-order valence-electron chi connectivity index (χ3n) is 6.43. The highest BCUT2D eigenvalue weighted by atomic mass is 16.6. The number of ether oxygens (including phenoxy) is 2. The van der Waals surface area contributed by atoms with Gasteiger partial charge in [0.05, 0.1) is 6.42 Å². The first-order chi connectivity index (χ1) is 17.7. The lowest BCUT2D eigenvalue weighted by Crippen LogP contribution is -2.19. The van der Waals surface area contributed by atoms with Crippen molar-refractivity contribution in [3.63, 3.8) is 0 Å². The first-order valence-corrected chi connectivity index (χ1v) is 13.4. The zero-order valence-electron chi connectivity index (χ0n) is 22.9. The molecule has 1 heterocycles. The van der Waals surface area contributed by atoms with Crippen LogP contribution in [0.15, 0.2) is 60.2 Å². The number of hydrogen-bond donors (Lipinski definition) is 0. The minimum Gasteiger partial charge on any atom is -0.461 e. The van der Waals surface area contributed by atoms with Gasteiger partial charge in [-0.3, -0.25) is 4.79 Å². The smallest absolute Gasteiger partial charge is 0.334 e. The second-order valence-electron chi connectivity index (χ2n) is 11.0. The molecule has 1 atom stereocenters. The van der Waals surface area contributed by atoms with Gasteiger partial charge >= 0.3 is 11.9 Å². The Morgan fingerprint density at radius 2 is 1.54 bits per heavy atom. The van der Waals surface area contributed by atoms with E-state index in [0.717, 1.165) is 36.0 Å². The average molecular weight is 501 g/mol. The van der Waals surface area contributed by atoms with Gasteiger partial charge in [0, 0.05) is 23.1 Å². The third-order valence-corrected chi connectivity index (χ3v) is 6.43. The topological polar surface area (TPSA) is 52.6 Å². The minimum absolute atomic E-state index is 0.0867. The summed E-state index contributed by atoms with van der Waals surface area (Å²) < 4.78 is 10.9. The van der Waals surface area contributed by atoms with Gasteiger partial charge in [-0.15, -0.1) is 0 Å². The zero-order chi connectivity index (χ0) is 26.8. The number of rotatable bonds is 10. The number of carbonyl (C=O) groups is 2. The van der Waals surface area contributed by atoms with E-state index < -0.39 is 6.10 Å². The van der Waals surface area contributed by atoms with Crippen molar-refractivity contribution in [2.45, 2.75) is 72.8 Å². The number of carbonyl (C=O) groups excluding carboxylic acids is 2. The largest absolute Gasteiger partial charge is 0.461 e. The fourth-order valence-corrected chi connectivity index (χ4v) is 4.68. The van der Waals surface area contributed by atoms with Crippen molar-refractivity contribution in [3.05, 3.63) is 82.4 Å². The lowest BCUT2D eigenvalue weighted by molar-refractivity contribution is -0.151. The van der Waals surface area contributed by atoms with Crippen molar-refractivity contribution >= 4 is 11.9 Å². The number of aryl methyl sites for hydroxylation is 1. The van der Waals surface area contributed by atoms with E-state index in [1.165, 1.54) is 5.56 Å². The first kappa shape index (κ1) is 28.3. The Morgan fingerprint density at radius 1 is 0.973 bits per heavy atom. The Labute approximate surface area is 222 Å². The predicted molar refractivity (Wildman–Crippen MR) is 148 cm³/mol. The Kier molecular flexibility index (Phi) is 10.6. The number of benzene rings is 2. The molecule has 3 rings (SSSR count). The van der Waals surface area contributed by atoms with Gasteiger partial charge in [-0.25, -0.2) is 4.79 Å². The summed E-state index contributed by atoms with van der Waals surface area (Å²) in [5, 5.41) is 0. The van der Waals surface area contributed by atoms with Crippen LogP contribution in [0.2, 0.25) is 0 Å². The van der Waals surface area contributed by atoms with E-state index in [-0.39, 0.29) is 25.0 Å². The SMILES string of the molecule is Cc1ccc(C#Cc2ccc(CC(=O)OCC3C/C(=C\CC(CC(C)C)CC(C)C)C(=O)O3)cc2)cc1. The molecule has 1 saturated heterocycles. The molecule has 2 aromatic carbocycles. The lowest BCUT2D eigenvalue weighted by atomic mass is 9.86. The summed E-state index contributed by atoms with van der Waals surface area (Å²) >= 11 is 0. The van der Waals surface area contributed by atoms with E-state index in [1.54, 1.807) is 0 Å². The first-order valence-electron chi connectivity index (χ1n) is 13.4. The molecule has 0 bridgehead atoms. The van der Waals surface area contributed by atoms with Gasteiger partial charge in [0.2, 0.25) is 0 Å². The van der Waals surface area contributed by atoms with E-state index in [1.807, 2.05) is 61.5 Å². The Morgan fingerprint density at radius 3 is 2.11 bits per heavy atom. The Balaban J connectivity index is 1.45. The van der Waals surface area contributed by atoms with Gasteiger partial charge in [0.15, 0.2) is 0 Å². The summed E-state index contributed by atoms with van der Waals surface area (Å²) in [7, 11) is 0. The van der Waals surface area contributed by atoms with E-state index in [2.05, 4.69) is 39.5 Å². The van der Waals surface area contributed by atoms with Crippen LogP contribution < -0.4 is 0 Å². The van der Waals surface area contributed by atoms with Crippen molar-refractivity contribution < 1.29 is 19.1 Å². The van der Waals surface area contributed by atoms with Crippen LogP contribution in [0, 0.1) is 36.5 Å². The molecular weight excluding hydrogens is 460 g/mol. The monoisotopic (exact) mass is 500 g/mol. The van der Waals surface area contributed by atoms with Crippen LogP contribution in [0.5, 0.6) is 0 Å². The molecule has 4 nitrogen and oxygen atoms in total. The van der Waals surface area contributed by atoms with Crippen molar-refractivity contribution in [2.24, 2.45) is 17.8 Å². The van der Waals surface area contributed by atoms with E-state index in [9.17, 15) is 9.59 Å². The van der Waals surface area contributed by atoms with Crippen molar-refractivity contribution in [1.29, 1.82) is 0 Å². The molecule has 4 heteroatoms. The fraction of sp³-hybridized carbons (Fsp3) is 0.455. The van der Waals surface area contributed by atoms with Gasteiger partial charge in [0.25, 0.3) is 0 Å². The van der Waals surface area contributed by atoms with E-state index in [4.69, 9.17) is 9.47 Å². The van der Waals surface area contributed by atoms with Gasteiger partial charge in [-0.05, 0) is 73.8 Å². The molecule has 1 fully saturated rings. The summed E-state index contributed by atoms with van der Waals surface area (Å²) in [5.74, 6) is 7.51. The number of allylic oxidation sites excluding steroid dienone is 1. The number of hydrogen-bond acceptors (Lipinski definition) is 4. The number of cyclic esters (lactones) is 1. The Bertz CT molecular complexity index is 1120. The molecule has 37 heavy (non-hydrogen) atoms. The van der Waals surface area contributed by atoms with Gasteiger partial charge in [0.1, 0.15) is 12.7 Å². The molecule has 0 aliphatic carbocycles. The van der Waals surface area contributed by atoms with Crippen molar-refractivity contribution in [3.8, 4) is 11.8 Å². The van der Waals surface area contributed by atoms with Crippen LogP contribution in [0.1, 0.15) is 75.6 Å². The summed E-state index contributed by atoms with van der Waals surface area (Å²) in [6.45, 7) is 11.1. The van der Waals surface area contributed by atoms with Crippen LogP contribution in [0.4, 0.5) is 0 Å². The van der Waals surface area contributed by atoms with Gasteiger partial charge in [-0.2, -0.15) is 0 Å². The molecule has 1 aliphatic rings. The normalized spacial score (nSPS) is 16.3. The standard InChI is InChI=1S/C33H40O4/c1-23(2)18-29(19-24(3)4)16-17-30-21-31(37-33(30)35)22-36-32(34)20-28-14-12-27(13-15-28)11-10-26-8-6-25(5)7-9-26/h6-9,12-15,17,23-24,29,31H,16,18-22H2,1-5H3/b30-17+. The summed E-state index contributed by atoms with van der Waals surface area (Å²) in [5.41, 5.74) is 4.63. The maximum absolute atomic E-state index is 12.4. The molecule has 0 N–H and O–H groups in total. The lowest BCUT2D eigenvalue weighted by Gasteiger charge is -2.19. The van der Waals surface area contributed by atoms with Crippen LogP contribution in [-0.4, -0.2) is 24.6 Å². The Hall–Kier alpha value is -3.32.